The number of nitrogens with one attached hydrogen (secondary N) is 1. The molecule has 1 N–H and O–H groups in total. The van der Waals surface area contributed by atoms with Crippen LogP contribution in [0.2, 0.25) is 5.02 Å². The Bertz CT molecular complexity index is 635. The van der Waals surface area contributed by atoms with Gasteiger partial charge in [-0.15, -0.1) is 0 Å². The summed E-state index contributed by atoms with van der Waals surface area (Å²) >= 11 is 6.25. The number of benzene rings is 1. The third kappa shape index (κ3) is 3.58. The van der Waals surface area contributed by atoms with E-state index < -0.39 is 0 Å². The van der Waals surface area contributed by atoms with Crippen molar-refractivity contribution in [1.29, 1.82) is 0 Å². The van der Waals surface area contributed by atoms with Crippen molar-refractivity contribution in [3.05, 3.63) is 51.9 Å². The van der Waals surface area contributed by atoms with Gasteiger partial charge in [-0.25, -0.2) is 0 Å². The molecule has 0 spiro atoms. The van der Waals surface area contributed by atoms with Gasteiger partial charge in [0.1, 0.15) is 11.5 Å². The number of carbonyl (C=O) groups excluding carboxylic acids is 1. The molecule has 1 heterocycles. The van der Waals surface area contributed by atoms with Crippen LogP contribution in [-0.4, -0.2) is 13.0 Å². The summed E-state index contributed by atoms with van der Waals surface area (Å²) in [4.78, 5) is 12.1. The van der Waals surface area contributed by atoms with Gasteiger partial charge in [0.05, 0.1) is 26.3 Å². The number of hydrogen-bond acceptors (Lipinski definition) is 3. The van der Waals surface area contributed by atoms with Gasteiger partial charge in [0.2, 0.25) is 5.91 Å². The number of hydrogen-bond donors (Lipinski definition) is 1. The fourth-order valence-corrected chi connectivity index (χ4v) is 2.35. The Kier molecular flexibility index (Phi) is 4.91. The summed E-state index contributed by atoms with van der Waals surface area (Å²) in [6, 6.07) is 5.45. The Morgan fingerprint density at radius 2 is 2.19 bits per heavy atom. The highest BCUT2D eigenvalue weighted by Crippen LogP contribution is 2.31. The fourth-order valence-electron chi connectivity index (χ4n) is 2.18. The first-order valence-electron chi connectivity index (χ1n) is 6.64. The Morgan fingerprint density at radius 3 is 2.81 bits per heavy atom. The molecule has 21 heavy (non-hydrogen) atoms. The highest BCUT2D eigenvalue weighted by atomic mass is 35.5. The molecule has 0 aliphatic rings. The van der Waals surface area contributed by atoms with Crippen molar-refractivity contribution in [2.45, 2.75) is 26.8 Å². The number of carbonyl (C=O) groups is 1. The number of furan rings is 1. The van der Waals surface area contributed by atoms with Crippen LogP contribution in [0.3, 0.4) is 0 Å². The molecule has 0 bridgehead atoms. The van der Waals surface area contributed by atoms with E-state index in [9.17, 15) is 4.79 Å². The smallest absolute Gasteiger partial charge is 0.224 e. The topological polar surface area (TPSA) is 51.5 Å². The predicted molar refractivity (Wildman–Crippen MR) is 81.7 cm³/mol. The molecule has 0 saturated carbocycles. The van der Waals surface area contributed by atoms with Gasteiger partial charge < -0.3 is 14.5 Å². The molecule has 0 saturated heterocycles. The minimum Gasteiger partial charge on any atom is -0.496 e. The Labute approximate surface area is 129 Å². The van der Waals surface area contributed by atoms with E-state index >= 15 is 0 Å². The summed E-state index contributed by atoms with van der Waals surface area (Å²) in [5.41, 5.74) is 2.62. The quantitative estimate of drug-likeness (QED) is 0.921. The van der Waals surface area contributed by atoms with E-state index in [0.29, 0.717) is 23.1 Å². The molecule has 1 amide bonds. The Balaban J connectivity index is 2.11. The molecule has 0 unspecified atom stereocenters. The van der Waals surface area contributed by atoms with E-state index in [1.165, 1.54) is 0 Å². The monoisotopic (exact) mass is 307 g/mol. The molecule has 2 aromatic rings. The van der Waals surface area contributed by atoms with E-state index in [-0.39, 0.29) is 12.3 Å². The summed E-state index contributed by atoms with van der Waals surface area (Å²) in [7, 11) is 1.59. The Morgan fingerprint density at radius 1 is 1.43 bits per heavy atom. The van der Waals surface area contributed by atoms with Crippen LogP contribution in [0, 0.1) is 13.8 Å². The summed E-state index contributed by atoms with van der Waals surface area (Å²) in [6.07, 6.45) is 1.80. The maximum absolute atomic E-state index is 12.1. The second-order valence-corrected chi connectivity index (χ2v) is 5.22. The molecular weight excluding hydrogens is 290 g/mol. The zero-order valence-corrected chi connectivity index (χ0v) is 13.1. The molecule has 1 aromatic carbocycles. The van der Waals surface area contributed by atoms with Crippen molar-refractivity contribution in [3.8, 4) is 5.75 Å². The van der Waals surface area contributed by atoms with E-state index in [1.54, 1.807) is 19.4 Å². The van der Waals surface area contributed by atoms with E-state index in [0.717, 1.165) is 16.7 Å². The van der Waals surface area contributed by atoms with Gasteiger partial charge in [0, 0.05) is 10.6 Å². The maximum Gasteiger partial charge on any atom is 0.224 e. The minimum absolute atomic E-state index is 0.104. The molecular formula is C16H18ClNO3. The molecule has 1 aromatic heterocycles. The summed E-state index contributed by atoms with van der Waals surface area (Å²) in [5.74, 6) is 1.30. The normalized spacial score (nSPS) is 10.5. The van der Waals surface area contributed by atoms with Gasteiger partial charge in [-0.2, -0.15) is 0 Å². The Hall–Kier alpha value is -1.94. The first-order chi connectivity index (χ1) is 10.0. The summed E-state index contributed by atoms with van der Waals surface area (Å²) in [5, 5.41) is 3.49. The minimum atomic E-state index is -0.104. The molecule has 112 valence electrons. The molecule has 0 fully saturated rings. The van der Waals surface area contributed by atoms with Crippen molar-refractivity contribution in [1.82, 2.24) is 5.32 Å². The van der Waals surface area contributed by atoms with Gasteiger partial charge in [0.15, 0.2) is 0 Å². The molecule has 0 atom stereocenters. The number of ether oxygens (including phenoxy) is 1. The average molecular weight is 308 g/mol. The number of aryl methyl sites for hydroxylation is 1. The summed E-state index contributed by atoms with van der Waals surface area (Å²) < 4.78 is 10.5. The second-order valence-electron chi connectivity index (χ2n) is 4.85. The highest BCUT2D eigenvalue weighted by molar-refractivity contribution is 6.32. The van der Waals surface area contributed by atoms with Gasteiger partial charge in [-0.05, 0) is 43.2 Å². The second kappa shape index (κ2) is 6.68. The van der Waals surface area contributed by atoms with Crippen molar-refractivity contribution in [2.24, 2.45) is 0 Å². The average Bonchev–Trinajstić information content (AvgIpc) is 2.99. The first-order valence-corrected chi connectivity index (χ1v) is 7.02. The van der Waals surface area contributed by atoms with Gasteiger partial charge in [-0.1, -0.05) is 11.6 Å². The van der Waals surface area contributed by atoms with Crippen LogP contribution in [0.1, 0.15) is 22.5 Å². The zero-order valence-electron chi connectivity index (χ0n) is 12.3. The number of methoxy groups -OCH3 is 1. The van der Waals surface area contributed by atoms with Gasteiger partial charge in [-0.3, -0.25) is 4.79 Å². The lowest BCUT2D eigenvalue weighted by Gasteiger charge is -2.15. The number of halogens is 1. The first kappa shape index (κ1) is 15.4. The highest BCUT2D eigenvalue weighted by Gasteiger charge is 2.15. The van der Waals surface area contributed by atoms with Crippen LogP contribution in [0.15, 0.2) is 28.9 Å². The van der Waals surface area contributed by atoms with Crippen LogP contribution in [0.5, 0.6) is 5.75 Å². The molecule has 5 heteroatoms. The molecule has 0 aliphatic heterocycles. The molecule has 2 rings (SSSR count). The van der Waals surface area contributed by atoms with Gasteiger partial charge in [0.25, 0.3) is 0 Å². The lowest BCUT2D eigenvalue weighted by Crippen LogP contribution is -2.25. The lowest BCUT2D eigenvalue weighted by atomic mass is 10.0. The van der Waals surface area contributed by atoms with Crippen LogP contribution < -0.4 is 10.1 Å². The number of rotatable bonds is 5. The maximum atomic E-state index is 12.1. The van der Waals surface area contributed by atoms with Gasteiger partial charge >= 0.3 is 0 Å². The molecule has 4 nitrogen and oxygen atoms in total. The summed E-state index contributed by atoms with van der Waals surface area (Å²) in [6.45, 7) is 4.18. The zero-order chi connectivity index (χ0) is 15.4. The molecule has 0 aliphatic carbocycles. The van der Waals surface area contributed by atoms with Crippen molar-refractivity contribution >= 4 is 17.5 Å². The fraction of sp³-hybridized carbons (Fsp3) is 0.312. The lowest BCUT2D eigenvalue weighted by molar-refractivity contribution is -0.120. The van der Waals surface area contributed by atoms with Crippen LogP contribution in [0.25, 0.3) is 0 Å². The van der Waals surface area contributed by atoms with Crippen LogP contribution >= 0.6 is 11.6 Å². The molecule has 0 radical (unpaired) electrons. The SMILES string of the molecule is COc1cc(C)c(Cl)c(C)c1CC(=O)NCc1ccco1. The van der Waals surface area contributed by atoms with Crippen molar-refractivity contribution in [3.63, 3.8) is 0 Å². The van der Waals surface area contributed by atoms with Crippen molar-refractivity contribution in [2.75, 3.05) is 7.11 Å². The number of amides is 1. The predicted octanol–water partition coefficient (Wildman–Crippen LogP) is 3.42. The third-order valence-corrected chi connectivity index (χ3v) is 3.95. The van der Waals surface area contributed by atoms with E-state index in [4.69, 9.17) is 20.8 Å². The van der Waals surface area contributed by atoms with Crippen molar-refractivity contribution < 1.29 is 13.9 Å². The standard InChI is InChI=1S/C16H18ClNO3/c1-10-7-14(20-3)13(11(2)16(10)17)8-15(19)18-9-12-5-4-6-21-12/h4-7H,8-9H2,1-3H3,(H,18,19). The third-order valence-electron chi connectivity index (χ3n) is 3.37. The van der Waals surface area contributed by atoms with E-state index in [2.05, 4.69) is 5.32 Å². The van der Waals surface area contributed by atoms with E-state index in [1.807, 2.05) is 26.0 Å². The van der Waals surface area contributed by atoms with Crippen LogP contribution in [0.4, 0.5) is 0 Å². The van der Waals surface area contributed by atoms with Crippen LogP contribution in [-0.2, 0) is 17.8 Å². The largest absolute Gasteiger partial charge is 0.496 e.